The highest BCUT2D eigenvalue weighted by Crippen LogP contribution is 2.17. The van der Waals surface area contributed by atoms with Gasteiger partial charge < -0.3 is 0 Å². The van der Waals surface area contributed by atoms with Gasteiger partial charge in [0.15, 0.2) is 5.78 Å². The second-order valence-corrected chi connectivity index (χ2v) is 5.89. The minimum atomic E-state index is 0.177. The van der Waals surface area contributed by atoms with Crippen molar-refractivity contribution in [1.82, 2.24) is 14.7 Å². The number of rotatable bonds is 5. The van der Waals surface area contributed by atoms with E-state index in [1.165, 1.54) is 5.56 Å². The second-order valence-electron chi connectivity index (χ2n) is 5.89. The van der Waals surface area contributed by atoms with Crippen LogP contribution in [0, 0.1) is 20.8 Å². The maximum Gasteiger partial charge on any atom is 0.177 e. The third-order valence-corrected chi connectivity index (χ3v) is 3.58. The van der Waals surface area contributed by atoms with Crippen LogP contribution in [0.3, 0.4) is 0 Å². The lowest BCUT2D eigenvalue weighted by Gasteiger charge is -2.17. The summed E-state index contributed by atoms with van der Waals surface area (Å²) in [7, 11) is 3.86. The predicted molar refractivity (Wildman–Crippen MR) is 84.5 cm³/mol. The molecule has 1 aromatic heterocycles. The molecule has 0 saturated carbocycles. The van der Waals surface area contributed by atoms with Crippen molar-refractivity contribution in [2.24, 2.45) is 7.05 Å². The number of nitrogens with zero attached hydrogens (tertiary/aromatic N) is 3. The Kier molecular flexibility index (Phi) is 4.58. The van der Waals surface area contributed by atoms with Crippen LogP contribution < -0.4 is 0 Å². The smallest absolute Gasteiger partial charge is 0.177 e. The van der Waals surface area contributed by atoms with Crippen LogP contribution in [0.4, 0.5) is 0 Å². The van der Waals surface area contributed by atoms with E-state index in [4.69, 9.17) is 0 Å². The number of carbonyl (C=O) groups is 1. The molecular weight excluding hydrogens is 262 g/mol. The van der Waals surface area contributed by atoms with Crippen LogP contribution in [-0.2, 0) is 13.6 Å². The van der Waals surface area contributed by atoms with E-state index in [0.717, 1.165) is 28.8 Å². The highest BCUT2D eigenvalue weighted by atomic mass is 16.1. The number of likely N-dealkylation sites (N-methyl/N-ethyl adjacent to an activating group) is 1. The van der Waals surface area contributed by atoms with Crippen LogP contribution >= 0.6 is 0 Å². The summed E-state index contributed by atoms with van der Waals surface area (Å²) < 4.78 is 1.78. The van der Waals surface area contributed by atoms with Gasteiger partial charge in [0.1, 0.15) is 0 Å². The fraction of sp³-hybridized carbons (Fsp3) is 0.412. The lowest BCUT2D eigenvalue weighted by atomic mass is 9.96. The van der Waals surface area contributed by atoms with Gasteiger partial charge in [-0.25, -0.2) is 0 Å². The molecular formula is C17H23N3O. The first-order chi connectivity index (χ1) is 9.86. The molecule has 0 aliphatic rings. The summed E-state index contributed by atoms with van der Waals surface area (Å²) in [5.41, 5.74) is 5.30. The number of benzene rings is 1. The number of aryl methyl sites for hydroxylation is 4. The van der Waals surface area contributed by atoms with Crippen LogP contribution in [0.5, 0.6) is 0 Å². The molecule has 0 spiro atoms. The third kappa shape index (κ3) is 3.79. The van der Waals surface area contributed by atoms with Crippen molar-refractivity contribution in [3.63, 3.8) is 0 Å². The first-order valence-electron chi connectivity index (χ1n) is 7.14. The summed E-state index contributed by atoms with van der Waals surface area (Å²) in [4.78, 5) is 14.6. The van der Waals surface area contributed by atoms with Crippen LogP contribution in [0.2, 0.25) is 0 Å². The van der Waals surface area contributed by atoms with E-state index >= 15 is 0 Å². The van der Waals surface area contributed by atoms with Crippen LogP contribution in [0.15, 0.2) is 24.5 Å². The fourth-order valence-electron chi connectivity index (χ4n) is 2.87. The monoisotopic (exact) mass is 285 g/mol. The Morgan fingerprint density at radius 1 is 1.24 bits per heavy atom. The largest absolute Gasteiger partial charge is 0.294 e. The maximum atomic E-state index is 12.5. The second kappa shape index (κ2) is 6.22. The van der Waals surface area contributed by atoms with E-state index in [2.05, 4.69) is 24.2 Å². The number of ketones is 1. The lowest BCUT2D eigenvalue weighted by Crippen LogP contribution is -2.26. The van der Waals surface area contributed by atoms with Crippen molar-refractivity contribution in [2.75, 3.05) is 13.6 Å². The summed E-state index contributed by atoms with van der Waals surface area (Å²) in [5.74, 6) is 0.177. The number of aromatic nitrogens is 2. The molecule has 0 radical (unpaired) electrons. The van der Waals surface area contributed by atoms with Crippen LogP contribution in [0.1, 0.15) is 32.6 Å². The Bertz CT molecular complexity index is 635. The normalized spacial score (nSPS) is 11.1. The van der Waals surface area contributed by atoms with E-state index in [1.54, 1.807) is 4.68 Å². The van der Waals surface area contributed by atoms with Gasteiger partial charge in [0.25, 0.3) is 0 Å². The Labute approximate surface area is 126 Å². The van der Waals surface area contributed by atoms with E-state index in [9.17, 15) is 4.79 Å². The highest BCUT2D eigenvalue weighted by Gasteiger charge is 2.15. The minimum Gasteiger partial charge on any atom is -0.294 e. The van der Waals surface area contributed by atoms with E-state index in [-0.39, 0.29) is 5.78 Å². The zero-order valence-corrected chi connectivity index (χ0v) is 13.5. The molecule has 0 unspecified atom stereocenters. The number of hydrogen-bond donors (Lipinski definition) is 0. The van der Waals surface area contributed by atoms with Gasteiger partial charge in [-0.2, -0.15) is 5.10 Å². The molecule has 4 nitrogen and oxygen atoms in total. The van der Waals surface area contributed by atoms with Gasteiger partial charge in [0.05, 0.1) is 12.7 Å². The Morgan fingerprint density at radius 2 is 1.86 bits per heavy atom. The SMILES string of the molecule is Cc1cc(C)c(C(=O)CN(C)Cc2cnn(C)c2)c(C)c1. The Balaban J connectivity index is 2.07. The van der Waals surface area contributed by atoms with Crippen molar-refractivity contribution in [3.05, 3.63) is 52.3 Å². The van der Waals surface area contributed by atoms with Gasteiger partial charge in [-0.3, -0.25) is 14.4 Å². The van der Waals surface area contributed by atoms with E-state index < -0.39 is 0 Å². The fourth-order valence-corrected chi connectivity index (χ4v) is 2.87. The average Bonchev–Trinajstić information content (AvgIpc) is 2.72. The van der Waals surface area contributed by atoms with Crippen molar-refractivity contribution in [2.45, 2.75) is 27.3 Å². The molecule has 21 heavy (non-hydrogen) atoms. The van der Waals surface area contributed by atoms with E-state index in [1.807, 2.05) is 45.2 Å². The maximum absolute atomic E-state index is 12.5. The van der Waals surface area contributed by atoms with Crippen LogP contribution in [0.25, 0.3) is 0 Å². The molecule has 0 amide bonds. The molecule has 0 aliphatic carbocycles. The molecule has 0 bridgehead atoms. The van der Waals surface area contributed by atoms with Crippen molar-refractivity contribution < 1.29 is 4.79 Å². The molecule has 2 rings (SSSR count). The molecule has 112 valence electrons. The van der Waals surface area contributed by atoms with Crippen LogP contribution in [-0.4, -0.2) is 34.1 Å². The number of Topliss-reactive ketones (excluding diaryl/α,β-unsaturated/α-hetero) is 1. The van der Waals surface area contributed by atoms with Gasteiger partial charge in [-0.15, -0.1) is 0 Å². The average molecular weight is 285 g/mol. The topological polar surface area (TPSA) is 38.1 Å². The van der Waals surface area contributed by atoms with Gasteiger partial charge in [-0.05, 0) is 38.9 Å². The predicted octanol–water partition coefficient (Wildman–Crippen LogP) is 2.66. The molecule has 2 aromatic rings. The molecule has 1 heterocycles. The zero-order valence-electron chi connectivity index (χ0n) is 13.5. The summed E-state index contributed by atoms with van der Waals surface area (Å²) in [6.45, 7) is 7.22. The van der Waals surface area contributed by atoms with Gasteiger partial charge in [0, 0.05) is 30.9 Å². The van der Waals surface area contributed by atoms with Gasteiger partial charge in [0.2, 0.25) is 0 Å². The number of hydrogen-bond acceptors (Lipinski definition) is 3. The highest BCUT2D eigenvalue weighted by molar-refractivity contribution is 6.00. The Morgan fingerprint density at radius 3 is 2.38 bits per heavy atom. The standard InChI is InChI=1S/C17H23N3O/c1-12-6-13(2)17(14(3)7-12)16(21)11-19(4)9-15-8-18-20(5)10-15/h6-8,10H,9,11H2,1-5H3. The Hall–Kier alpha value is -1.94. The summed E-state index contributed by atoms with van der Waals surface area (Å²) in [6, 6.07) is 4.14. The molecule has 0 aliphatic heterocycles. The van der Waals surface area contributed by atoms with Gasteiger partial charge >= 0.3 is 0 Å². The molecule has 4 heteroatoms. The summed E-state index contributed by atoms with van der Waals surface area (Å²) in [5, 5.41) is 4.15. The molecule has 1 aromatic carbocycles. The minimum absolute atomic E-state index is 0.177. The number of carbonyl (C=O) groups excluding carboxylic acids is 1. The quantitative estimate of drug-likeness (QED) is 0.793. The lowest BCUT2D eigenvalue weighted by molar-refractivity contribution is 0.0942. The van der Waals surface area contributed by atoms with Crippen molar-refractivity contribution >= 4 is 5.78 Å². The van der Waals surface area contributed by atoms with Crippen molar-refractivity contribution in [1.29, 1.82) is 0 Å². The summed E-state index contributed by atoms with van der Waals surface area (Å²) >= 11 is 0. The molecule has 0 saturated heterocycles. The molecule has 0 atom stereocenters. The van der Waals surface area contributed by atoms with Gasteiger partial charge in [-0.1, -0.05) is 17.7 Å². The van der Waals surface area contributed by atoms with Crippen molar-refractivity contribution in [3.8, 4) is 0 Å². The first-order valence-corrected chi connectivity index (χ1v) is 7.14. The third-order valence-electron chi connectivity index (χ3n) is 3.58. The molecule has 0 fully saturated rings. The molecule has 0 N–H and O–H groups in total. The summed E-state index contributed by atoms with van der Waals surface area (Å²) in [6.07, 6.45) is 3.81. The van der Waals surface area contributed by atoms with E-state index in [0.29, 0.717) is 6.54 Å². The zero-order chi connectivity index (χ0) is 15.6. The first kappa shape index (κ1) is 15.4.